The zero-order chi connectivity index (χ0) is 23.2. The van der Waals surface area contributed by atoms with Crippen LogP contribution in [-0.4, -0.2) is 47.0 Å². The predicted molar refractivity (Wildman–Crippen MR) is 134 cm³/mol. The molecule has 1 atom stereocenters. The van der Waals surface area contributed by atoms with Gasteiger partial charge >= 0.3 is 0 Å². The molecule has 33 heavy (non-hydrogen) atoms. The van der Waals surface area contributed by atoms with Crippen molar-refractivity contribution in [3.63, 3.8) is 0 Å². The number of benzene rings is 2. The lowest BCUT2D eigenvalue weighted by Crippen LogP contribution is -2.29. The second-order valence-electron chi connectivity index (χ2n) is 8.02. The number of hydrogen-bond donors (Lipinski definition) is 1. The molecule has 4 rings (SSSR count). The minimum atomic E-state index is -0.137. The maximum absolute atomic E-state index is 13.2. The third-order valence-electron chi connectivity index (χ3n) is 5.85. The minimum absolute atomic E-state index is 0.00293. The van der Waals surface area contributed by atoms with Crippen molar-refractivity contribution in [2.75, 3.05) is 35.7 Å². The Kier molecular flexibility index (Phi) is 7.67. The zero-order valence-corrected chi connectivity index (χ0v) is 19.9. The van der Waals surface area contributed by atoms with Crippen molar-refractivity contribution in [1.29, 1.82) is 0 Å². The van der Waals surface area contributed by atoms with Gasteiger partial charge in [0, 0.05) is 31.1 Å². The van der Waals surface area contributed by atoms with Crippen LogP contribution in [0.2, 0.25) is 0 Å². The molecule has 0 bridgehead atoms. The molecule has 7 nitrogen and oxygen atoms in total. The Morgan fingerprint density at radius 2 is 1.94 bits per heavy atom. The lowest BCUT2D eigenvalue weighted by molar-refractivity contribution is -0.113. The molecule has 0 aliphatic carbocycles. The van der Waals surface area contributed by atoms with E-state index in [-0.39, 0.29) is 23.3 Å². The van der Waals surface area contributed by atoms with Gasteiger partial charge in [0.2, 0.25) is 5.91 Å². The summed E-state index contributed by atoms with van der Waals surface area (Å²) in [5, 5.41) is 4.06. The summed E-state index contributed by atoms with van der Waals surface area (Å²) < 4.78 is 7.41. The first-order chi connectivity index (χ1) is 16.1. The number of thioether (sulfide) groups is 1. The third kappa shape index (κ3) is 5.57. The van der Waals surface area contributed by atoms with Crippen molar-refractivity contribution in [2.24, 2.45) is 0 Å². The minimum Gasteiger partial charge on any atom is -0.376 e. The first-order valence-electron chi connectivity index (χ1n) is 11.5. The first kappa shape index (κ1) is 23.3. The summed E-state index contributed by atoms with van der Waals surface area (Å²) in [6, 6.07) is 15.2. The monoisotopic (exact) mass is 466 g/mol. The van der Waals surface area contributed by atoms with Crippen LogP contribution < -0.4 is 15.8 Å². The molecular weight excluding hydrogens is 436 g/mol. The van der Waals surface area contributed by atoms with Crippen LogP contribution in [0.15, 0.2) is 58.5 Å². The van der Waals surface area contributed by atoms with Crippen molar-refractivity contribution in [2.45, 2.75) is 44.5 Å². The van der Waals surface area contributed by atoms with E-state index in [4.69, 9.17) is 9.72 Å². The van der Waals surface area contributed by atoms with Crippen molar-refractivity contribution in [1.82, 2.24) is 9.55 Å². The Morgan fingerprint density at radius 3 is 2.64 bits per heavy atom. The van der Waals surface area contributed by atoms with Crippen LogP contribution >= 0.6 is 11.8 Å². The van der Waals surface area contributed by atoms with E-state index in [1.54, 1.807) is 10.6 Å². The molecule has 2 heterocycles. The standard InChI is InChI=1S/C25H30N4O3S/c1-3-28(4-2)19-13-11-18(12-14-19)26-23(30)17-33-25-27-22-10-6-5-9-21(22)24(31)29(25)16-20-8-7-15-32-20/h5-6,9-14,20H,3-4,7-8,15-17H2,1-2H3,(H,26,30). The van der Waals surface area contributed by atoms with E-state index in [1.165, 1.54) is 11.8 Å². The average molecular weight is 467 g/mol. The van der Waals surface area contributed by atoms with E-state index in [0.717, 1.165) is 43.9 Å². The van der Waals surface area contributed by atoms with Gasteiger partial charge < -0.3 is 15.0 Å². The Hall–Kier alpha value is -2.84. The number of nitrogens with zero attached hydrogens (tertiary/aromatic N) is 3. The lowest BCUT2D eigenvalue weighted by atomic mass is 10.2. The van der Waals surface area contributed by atoms with Crippen LogP contribution in [-0.2, 0) is 16.1 Å². The Bertz CT molecular complexity index is 1150. The second kappa shape index (κ2) is 10.9. The first-order valence-corrected chi connectivity index (χ1v) is 12.5. The van der Waals surface area contributed by atoms with Crippen LogP contribution in [0, 0.1) is 0 Å². The van der Waals surface area contributed by atoms with Crippen LogP contribution in [0.4, 0.5) is 11.4 Å². The number of hydrogen-bond acceptors (Lipinski definition) is 6. The molecule has 3 aromatic rings. The van der Waals surface area contributed by atoms with Gasteiger partial charge in [0.25, 0.3) is 5.56 Å². The molecule has 1 unspecified atom stereocenters. The van der Waals surface area contributed by atoms with Crippen LogP contribution in [0.1, 0.15) is 26.7 Å². The summed E-state index contributed by atoms with van der Waals surface area (Å²) >= 11 is 1.28. The Balaban J connectivity index is 1.47. The SMILES string of the molecule is CCN(CC)c1ccc(NC(=O)CSc2nc3ccccc3c(=O)n2CC2CCCO2)cc1. The molecule has 0 spiro atoms. The van der Waals surface area contributed by atoms with Gasteiger partial charge in [-0.05, 0) is 63.1 Å². The highest BCUT2D eigenvalue weighted by atomic mass is 32.2. The number of rotatable bonds is 9. The maximum atomic E-state index is 13.2. The van der Waals surface area contributed by atoms with Gasteiger partial charge in [-0.25, -0.2) is 4.98 Å². The van der Waals surface area contributed by atoms with E-state index in [9.17, 15) is 9.59 Å². The third-order valence-corrected chi connectivity index (χ3v) is 6.83. The topological polar surface area (TPSA) is 76.5 Å². The highest BCUT2D eigenvalue weighted by molar-refractivity contribution is 7.99. The van der Waals surface area contributed by atoms with Crippen LogP contribution in [0.3, 0.4) is 0 Å². The number of fused-ring (bicyclic) bond motifs is 1. The number of carbonyl (C=O) groups is 1. The molecule has 2 aromatic carbocycles. The van der Waals surface area contributed by atoms with Crippen LogP contribution in [0.25, 0.3) is 10.9 Å². The Morgan fingerprint density at radius 1 is 1.18 bits per heavy atom. The number of aromatic nitrogens is 2. The molecule has 1 aromatic heterocycles. The molecule has 1 aliphatic rings. The summed E-state index contributed by atoms with van der Waals surface area (Å²) in [6.07, 6.45) is 1.93. The van der Waals surface area contributed by atoms with Gasteiger partial charge in [-0.3, -0.25) is 14.2 Å². The fourth-order valence-electron chi connectivity index (χ4n) is 4.08. The highest BCUT2D eigenvalue weighted by Crippen LogP contribution is 2.22. The second-order valence-corrected chi connectivity index (χ2v) is 8.96. The fraction of sp³-hybridized carbons (Fsp3) is 0.400. The number of ether oxygens (including phenoxy) is 1. The van der Waals surface area contributed by atoms with E-state index in [2.05, 4.69) is 24.1 Å². The number of amides is 1. The molecular formula is C25H30N4O3S. The van der Waals surface area contributed by atoms with Crippen molar-refractivity contribution < 1.29 is 9.53 Å². The summed E-state index contributed by atoms with van der Waals surface area (Å²) in [4.78, 5) is 32.7. The van der Waals surface area contributed by atoms with Crippen LogP contribution in [0.5, 0.6) is 0 Å². The quantitative estimate of drug-likeness (QED) is 0.377. The molecule has 1 saturated heterocycles. The normalized spacial score (nSPS) is 15.6. The van der Waals surface area contributed by atoms with Crippen molar-refractivity contribution in [3.8, 4) is 0 Å². The number of carbonyl (C=O) groups excluding carboxylic acids is 1. The van der Waals surface area contributed by atoms with Gasteiger partial charge in [0.05, 0.1) is 29.3 Å². The van der Waals surface area contributed by atoms with Crippen molar-refractivity contribution >= 4 is 39.9 Å². The molecule has 0 radical (unpaired) electrons. The number of para-hydroxylation sites is 1. The van der Waals surface area contributed by atoms with Gasteiger partial charge in [-0.2, -0.15) is 0 Å². The molecule has 174 valence electrons. The highest BCUT2D eigenvalue weighted by Gasteiger charge is 2.20. The zero-order valence-electron chi connectivity index (χ0n) is 19.1. The van der Waals surface area contributed by atoms with Crippen molar-refractivity contribution in [3.05, 3.63) is 58.9 Å². The lowest BCUT2D eigenvalue weighted by Gasteiger charge is -2.21. The molecule has 1 N–H and O–H groups in total. The summed E-state index contributed by atoms with van der Waals surface area (Å²) in [5.41, 5.74) is 2.43. The molecule has 1 fully saturated rings. The van der Waals surface area contributed by atoms with Gasteiger partial charge in [-0.15, -0.1) is 0 Å². The number of anilines is 2. The van der Waals surface area contributed by atoms with Gasteiger partial charge in [0.1, 0.15) is 0 Å². The van der Waals surface area contributed by atoms with E-state index < -0.39 is 0 Å². The molecule has 8 heteroatoms. The Labute approximate surface area is 198 Å². The average Bonchev–Trinajstić information content (AvgIpc) is 3.35. The summed E-state index contributed by atoms with van der Waals surface area (Å²) in [5.74, 6) is 0.0235. The maximum Gasteiger partial charge on any atom is 0.262 e. The molecule has 1 amide bonds. The smallest absolute Gasteiger partial charge is 0.262 e. The van der Waals surface area contributed by atoms with E-state index in [1.807, 2.05) is 42.5 Å². The van der Waals surface area contributed by atoms with Gasteiger partial charge in [0.15, 0.2) is 5.16 Å². The fourth-order valence-corrected chi connectivity index (χ4v) is 4.89. The van der Waals surface area contributed by atoms with E-state index >= 15 is 0 Å². The number of nitrogens with one attached hydrogen (secondary N) is 1. The largest absolute Gasteiger partial charge is 0.376 e. The summed E-state index contributed by atoms with van der Waals surface area (Å²) in [6.45, 7) is 7.29. The predicted octanol–water partition coefficient (Wildman–Crippen LogP) is 4.15. The molecule has 0 saturated carbocycles. The summed E-state index contributed by atoms with van der Waals surface area (Å²) in [7, 11) is 0. The van der Waals surface area contributed by atoms with Gasteiger partial charge in [-0.1, -0.05) is 23.9 Å². The molecule has 1 aliphatic heterocycles. The van der Waals surface area contributed by atoms with E-state index in [0.29, 0.717) is 22.6 Å².